The van der Waals surface area contributed by atoms with Crippen molar-refractivity contribution in [1.29, 1.82) is 0 Å². The Balaban J connectivity index is 1.89. The molecule has 1 fully saturated rings. The zero-order valence-electron chi connectivity index (χ0n) is 10.4. The van der Waals surface area contributed by atoms with Gasteiger partial charge < -0.3 is 10.6 Å². The minimum absolute atomic E-state index is 0.167. The molecule has 0 aromatic heterocycles. The number of fused-ring (bicyclic) bond motifs is 1. The van der Waals surface area contributed by atoms with E-state index in [0.29, 0.717) is 4.47 Å². The van der Waals surface area contributed by atoms with Gasteiger partial charge in [0.15, 0.2) is 0 Å². The Bertz CT molecular complexity index is 453. The Kier molecular flexibility index (Phi) is 3.22. The first-order chi connectivity index (χ1) is 8.69. The number of halogens is 2. The predicted molar refractivity (Wildman–Crippen MR) is 76.6 cm³/mol. The molecule has 2 nitrogen and oxygen atoms in total. The molecule has 2 N–H and O–H groups in total. The lowest BCUT2D eigenvalue weighted by molar-refractivity contribution is 0.423. The Morgan fingerprint density at radius 2 is 1.78 bits per heavy atom. The average Bonchev–Trinajstić information content (AvgIpc) is 2.57. The molecule has 1 saturated carbocycles. The van der Waals surface area contributed by atoms with Crippen LogP contribution in [0.25, 0.3) is 0 Å². The lowest BCUT2D eigenvalue weighted by Gasteiger charge is -2.40. The van der Waals surface area contributed by atoms with Crippen molar-refractivity contribution in [2.75, 3.05) is 17.2 Å². The summed E-state index contributed by atoms with van der Waals surface area (Å²) in [5, 5.41) is 7.06. The molecular weight excluding hydrogens is 295 g/mol. The second-order valence-electron chi connectivity index (χ2n) is 5.48. The van der Waals surface area contributed by atoms with Crippen molar-refractivity contribution in [3.05, 3.63) is 22.4 Å². The standard InChI is InChI=1S/C14H18BrFN2/c15-10-7-13-12(8-11(10)16)17-9-14(18-13)5-3-1-2-4-6-14/h7-8,17-18H,1-6,9H2. The number of hydrogen-bond donors (Lipinski definition) is 2. The van der Waals surface area contributed by atoms with E-state index in [2.05, 4.69) is 26.6 Å². The van der Waals surface area contributed by atoms with Crippen LogP contribution in [0.1, 0.15) is 38.5 Å². The molecule has 0 radical (unpaired) electrons. The molecule has 1 heterocycles. The minimum Gasteiger partial charge on any atom is -0.381 e. The molecule has 1 aromatic carbocycles. The molecule has 4 heteroatoms. The summed E-state index contributed by atoms with van der Waals surface area (Å²) in [6.07, 6.45) is 7.65. The smallest absolute Gasteiger partial charge is 0.139 e. The van der Waals surface area contributed by atoms with Gasteiger partial charge in [-0.15, -0.1) is 0 Å². The van der Waals surface area contributed by atoms with Crippen molar-refractivity contribution in [2.24, 2.45) is 0 Å². The van der Waals surface area contributed by atoms with Crippen LogP contribution in [0.5, 0.6) is 0 Å². The summed E-state index contributed by atoms with van der Waals surface area (Å²) in [5.74, 6) is -0.208. The van der Waals surface area contributed by atoms with Crippen LogP contribution in [-0.4, -0.2) is 12.1 Å². The molecule has 0 atom stereocenters. The van der Waals surface area contributed by atoms with Crippen molar-refractivity contribution in [2.45, 2.75) is 44.1 Å². The molecule has 1 aromatic rings. The average molecular weight is 313 g/mol. The predicted octanol–water partition coefficient (Wildman–Crippen LogP) is 4.52. The molecule has 0 unspecified atom stereocenters. The normalized spacial score (nSPS) is 21.7. The molecule has 0 amide bonds. The van der Waals surface area contributed by atoms with Crippen LogP contribution in [0, 0.1) is 5.82 Å². The van der Waals surface area contributed by atoms with E-state index >= 15 is 0 Å². The van der Waals surface area contributed by atoms with Crippen LogP contribution >= 0.6 is 15.9 Å². The fourth-order valence-electron chi connectivity index (χ4n) is 3.10. The van der Waals surface area contributed by atoms with Crippen LogP contribution in [0.2, 0.25) is 0 Å². The van der Waals surface area contributed by atoms with Gasteiger partial charge in [-0.05, 0) is 34.8 Å². The van der Waals surface area contributed by atoms with Gasteiger partial charge in [-0.25, -0.2) is 4.39 Å². The Morgan fingerprint density at radius 1 is 1.06 bits per heavy atom. The van der Waals surface area contributed by atoms with Crippen LogP contribution in [-0.2, 0) is 0 Å². The summed E-state index contributed by atoms with van der Waals surface area (Å²) < 4.78 is 14.0. The van der Waals surface area contributed by atoms with E-state index in [1.165, 1.54) is 38.5 Å². The number of anilines is 2. The maximum Gasteiger partial charge on any atom is 0.139 e. The first kappa shape index (κ1) is 12.3. The molecule has 1 aliphatic carbocycles. The van der Waals surface area contributed by atoms with E-state index in [4.69, 9.17) is 0 Å². The van der Waals surface area contributed by atoms with Crippen molar-refractivity contribution < 1.29 is 4.39 Å². The van der Waals surface area contributed by atoms with Gasteiger partial charge in [0.1, 0.15) is 5.82 Å². The highest BCUT2D eigenvalue weighted by atomic mass is 79.9. The van der Waals surface area contributed by atoms with E-state index < -0.39 is 0 Å². The monoisotopic (exact) mass is 312 g/mol. The second kappa shape index (κ2) is 4.72. The number of benzene rings is 1. The summed E-state index contributed by atoms with van der Waals surface area (Å²) in [5.41, 5.74) is 2.07. The van der Waals surface area contributed by atoms with Gasteiger partial charge in [0.05, 0.1) is 21.4 Å². The van der Waals surface area contributed by atoms with Crippen LogP contribution in [0.4, 0.5) is 15.8 Å². The Morgan fingerprint density at radius 3 is 2.50 bits per heavy atom. The lowest BCUT2D eigenvalue weighted by atomic mass is 9.88. The van der Waals surface area contributed by atoms with Crippen molar-refractivity contribution in [3.8, 4) is 0 Å². The maximum absolute atomic E-state index is 13.5. The van der Waals surface area contributed by atoms with E-state index in [1.54, 1.807) is 6.07 Å². The van der Waals surface area contributed by atoms with Gasteiger partial charge in [-0.2, -0.15) is 0 Å². The highest BCUT2D eigenvalue weighted by molar-refractivity contribution is 9.10. The van der Waals surface area contributed by atoms with Gasteiger partial charge in [0.2, 0.25) is 0 Å². The maximum atomic E-state index is 13.5. The molecule has 0 bridgehead atoms. The molecule has 1 spiro atoms. The topological polar surface area (TPSA) is 24.1 Å². The van der Waals surface area contributed by atoms with Crippen LogP contribution in [0.15, 0.2) is 16.6 Å². The molecule has 1 aliphatic heterocycles. The zero-order valence-corrected chi connectivity index (χ0v) is 11.9. The lowest BCUT2D eigenvalue weighted by Crippen LogP contribution is -2.47. The third-order valence-electron chi connectivity index (χ3n) is 4.14. The molecular formula is C14H18BrFN2. The van der Waals surface area contributed by atoms with Crippen LogP contribution in [0.3, 0.4) is 0 Å². The number of nitrogens with one attached hydrogen (secondary N) is 2. The summed E-state index contributed by atoms with van der Waals surface area (Å²) in [6.45, 7) is 0.904. The minimum atomic E-state index is -0.208. The van der Waals surface area contributed by atoms with Gasteiger partial charge in [-0.1, -0.05) is 25.7 Å². The van der Waals surface area contributed by atoms with Gasteiger partial charge >= 0.3 is 0 Å². The SMILES string of the molecule is Fc1cc2c(cc1Br)NC1(CCCCCC1)CN2. The molecule has 2 aliphatic rings. The van der Waals surface area contributed by atoms with E-state index in [9.17, 15) is 4.39 Å². The van der Waals surface area contributed by atoms with Gasteiger partial charge in [0, 0.05) is 12.6 Å². The van der Waals surface area contributed by atoms with Crippen LogP contribution < -0.4 is 10.6 Å². The fourth-order valence-corrected chi connectivity index (χ4v) is 3.44. The van der Waals surface area contributed by atoms with E-state index in [0.717, 1.165) is 17.9 Å². The number of hydrogen-bond acceptors (Lipinski definition) is 2. The first-order valence-electron chi connectivity index (χ1n) is 6.70. The first-order valence-corrected chi connectivity index (χ1v) is 7.49. The number of rotatable bonds is 0. The summed E-state index contributed by atoms with van der Waals surface area (Å²) in [7, 11) is 0. The Hall–Kier alpha value is -0.770. The summed E-state index contributed by atoms with van der Waals surface area (Å²) in [6, 6.07) is 3.42. The molecule has 3 rings (SSSR count). The molecule has 98 valence electrons. The van der Waals surface area contributed by atoms with Crippen molar-refractivity contribution >= 4 is 27.3 Å². The largest absolute Gasteiger partial charge is 0.381 e. The highest BCUT2D eigenvalue weighted by Crippen LogP contribution is 2.39. The quantitative estimate of drug-likeness (QED) is 0.736. The van der Waals surface area contributed by atoms with E-state index in [1.807, 2.05) is 6.07 Å². The van der Waals surface area contributed by atoms with Gasteiger partial charge in [-0.3, -0.25) is 0 Å². The summed E-state index contributed by atoms with van der Waals surface area (Å²) in [4.78, 5) is 0. The van der Waals surface area contributed by atoms with Crippen molar-refractivity contribution in [3.63, 3.8) is 0 Å². The third kappa shape index (κ3) is 2.22. The van der Waals surface area contributed by atoms with Gasteiger partial charge in [0.25, 0.3) is 0 Å². The molecule has 0 saturated heterocycles. The van der Waals surface area contributed by atoms with E-state index in [-0.39, 0.29) is 11.4 Å². The van der Waals surface area contributed by atoms with Crippen molar-refractivity contribution in [1.82, 2.24) is 0 Å². The third-order valence-corrected chi connectivity index (χ3v) is 4.75. The second-order valence-corrected chi connectivity index (χ2v) is 6.34. The summed E-state index contributed by atoms with van der Waals surface area (Å²) >= 11 is 3.26. The Labute approximate surface area is 115 Å². The zero-order chi connectivity index (χ0) is 12.6. The fraction of sp³-hybridized carbons (Fsp3) is 0.571. The molecule has 18 heavy (non-hydrogen) atoms. The highest BCUT2D eigenvalue weighted by Gasteiger charge is 2.34.